The molecular formula is C15H22N2O3. The van der Waals surface area contributed by atoms with E-state index in [1.54, 1.807) is 31.3 Å². The lowest BCUT2D eigenvalue weighted by atomic mass is 10.3. The first-order valence-corrected chi connectivity index (χ1v) is 6.69. The third-order valence-corrected chi connectivity index (χ3v) is 2.42. The SMILES string of the molecule is C=CCCOC(C)C(=O)Nc1ccc(OC(C)C)nc1. The molecule has 110 valence electrons. The minimum absolute atomic E-state index is 0.0706. The average molecular weight is 278 g/mol. The van der Waals surface area contributed by atoms with Crippen LogP contribution >= 0.6 is 0 Å². The van der Waals surface area contributed by atoms with Crippen LogP contribution in [0.25, 0.3) is 0 Å². The van der Waals surface area contributed by atoms with Gasteiger partial charge in [-0.3, -0.25) is 4.79 Å². The smallest absolute Gasteiger partial charge is 0.253 e. The maximum absolute atomic E-state index is 11.8. The Morgan fingerprint density at radius 3 is 2.75 bits per heavy atom. The number of ether oxygens (including phenoxy) is 2. The van der Waals surface area contributed by atoms with Crippen LogP contribution in [0.2, 0.25) is 0 Å². The molecule has 0 fully saturated rings. The Balaban J connectivity index is 2.47. The number of nitrogens with zero attached hydrogens (tertiary/aromatic N) is 1. The summed E-state index contributed by atoms with van der Waals surface area (Å²) in [4.78, 5) is 16.0. The van der Waals surface area contributed by atoms with Crippen molar-refractivity contribution in [3.8, 4) is 5.88 Å². The molecule has 5 nitrogen and oxygen atoms in total. The van der Waals surface area contributed by atoms with Crippen LogP contribution in [0.1, 0.15) is 27.2 Å². The Hall–Kier alpha value is -1.88. The first-order valence-electron chi connectivity index (χ1n) is 6.69. The summed E-state index contributed by atoms with van der Waals surface area (Å²) in [6, 6.07) is 3.47. The lowest BCUT2D eigenvalue weighted by molar-refractivity contribution is -0.126. The van der Waals surface area contributed by atoms with Crippen LogP contribution in [0, 0.1) is 0 Å². The van der Waals surface area contributed by atoms with E-state index in [2.05, 4.69) is 16.9 Å². The van der Waals surface area contributed by atoms with Crippen molar-refractivity contribution in [2.75, 3.05) is 11.9 Å². The molecule has 1 amide bonds. The lowest BCUT2D eigenvalue weighted by Gasteiger charge is -2.13. The molecule has 1 unspecified atom stereocenters. The van der Waals surface area contributed by atoms with Gasteiger partial charge in [0.1, 0.15) is 6.10 Å². The number of rotatable bonds is 8. The van der Waals surface area contributed by atoms with Crippen molar-refractivity contribution in [2.45, 2.75) is 39.4 Å². The standard InChI is InChI=1S/C15H22N2O3/c1-5-6-9-19-12(4)15(18)17-13-7-8-14(16-10-13)20-11(2)3/h5,7-8,10-12H,1,6,9H2,2-4H3,(H,17,18). The number of carbonyl (C=O) groups is 1. The number of pyridine rings is 1. The van der Waals surface area contributed by atoms with Crippen molar-refractivity contribution in [3.63, 3.8) is 0 Å². The van der Waals surface area contributed by atoms with Crippen molar-refractivity contribution in [1.82, 2.24) is 4.98 Å². The summed E-state index contributed by atoms with van der Waals surface area (Å²) in [5.74, 6) is 0.335. The molecule has 0 saturated heterocycles. The fourth-order valence-electron chi connectivity index (χ4n) is 1.41. The number of hydrogen-bond donors (Lipinski definition) is 1. The van der Waals surface area contributed by atoms with Crippen molar-refractivity contribution < 1.29 is 14.3 Å². The van der Waals surface area contributed by atoms with E-state index in [-0.39, 0.29) is 12.0 Å². The molecule has 1 aromatic rings. The van der Waals surface area contributed by atoms with Crippen molar-refractivity contribution in [3.05, 3.63) is 31.0 Å². The molecule has 5 heteroatoms. The van der Waals surface area contributed by atoms with Gasteiger partial charge in [-0.1, -0.05) is 6.08 Å². The van der Waals surface area contributed by atoms with Crippen LogP contribution in [-0.4, -0.2) is 29.7 Å². The Labute approximate surface area is 120 Å². The third-order valence-electron chi connectivity index (χ3n) is 2.42. The second-order valence-corrected chi connectivity index (χ2v) is 4.63. The lowest BCUT2D eigenvalue weighted by Crippen LogP contribution is -2.28. The van der Waals surface area contributed by atoms with E-state index in [0.717, 1.165) is 6.42 Å². The molecule has 20 heavy (non-hydrogen) atoms. The summed E-state index contributed by atoms with van der Waals surface area (Å²) < 4.78 is 10.8. The molecule has 0 aliphatic rings. The van der Waals surface area contributed by atoms with E-state index in [4.69, 9.17) is 9.47 Å². The van der Waals surface area contributed by atoms with Crippen LogP contribution in [0.5, 0.6) is 5.88 Å². The average Bonchev–Trinajstić information content (AvgIpc) is 2.40. The zero-order valence-corrected chi connectivity index (χ0v) is 12.3. The van der Waals surface area contributed by atoms with Crippen LogP contribution in [0.15, 0.2) is 31.0 Å². The van der Waals surface area contributed by atoms with E-state index in [9.17, 15) is 4.79 Å². The Morgan fingerprint density at radius 1 is 1.45 bits per heavy atom. The Kier molecular flexibility index (Phi) is 6.73. The van der Waals surface area contributed by atoms with Crippen LogP contribution in [0.3, 0.4) is 0 Å². The molecule has 1 atom stereocenters. The number of hydrogen-bond acceptors (Lipinski definition) is 4. The summed E-state index contributed by atoms with van der Waals surface area (Å²) >= 11 is 0. The summed E-state index contributed by atoms with van der Waals surface area (Å²) in [6.45, 7) is 9.65. The van der Waals surface area contributed by atoms with Gasteiger partial charge in [-0.05, 0) is 33.3 Å². The van der Waals surface area contributed by atoms with E-state index >= 15 is 0 Å². The van der Waals surface area contributed by atoms with Gasteiger partial charge >= 0.3 is 0 Å². The molecule has 0 aromatic carbocycles. The fraction of sp³-hybridized carbons (Fsp3) is 0.467. The fourth-order valence-corrected chi connectivity index (χ4v) is 1.41. The number of aromatic nitrogens is 1. The minimum Gasteiger partial charge on any atom is -0.475 e. The normalized spacial score (nSPS) is 12.0. The van der Waals surface area contributed by atoms with E-state index in [0.29, 0.717) is 18.2 Å². The highest BCUT2D eigenvalue weighted by atomic mass is 16.5. The quantitative estimate of drug-likeness (QED) is 0.587. The number of amides is 1. The number of carbonyl (C=O) groups excluding carboxylic acids is 1. The van der Waals surface area contributed by atoms with Gasteiger partial charge in [-0.25, -0.2) is 4.98 Å². The second-order valence-electron chi connectivity index (χ2n) is 4.63. The van der Waals surface area contributed by atoms with Gasteiger partial charge in [-0.15, -0.1) is 6.58 Å². The van der Waals surface area contributed by atoms with Gasteiger partial charge < -0.3 is 14.8 Å². The van der Waals surface area contributed by atoms with E-state index < -0.39 is 6.10 Å². The molecule has 0 aliphatic heterocycles. The largest absolute Gasteiger partial charge is 0.475 e. The highest BCUT2D eigenvalue weighted by Gasteiger charge is 2.13. The maximum atomic E-state index is 11.8. The summed E-state index contributed by atoms with van der Waals surface area (Å²) in [5, 5.41) is 2.74. The van der Waals surface area contributed by atoms with Crippen LogP contribution < -0.4 is 10.1 Å². The monoisotopic (exact) mass is 278 g/mol. The van der Waals surface area contributed by atoms with Gasteiger partial charge in [0.2, 0.25) is 5.88 Å². The molecule has 0 saturated carbocycles. The highest BCUT2D eigenvalue weighted by Crippen LogP contribution is 2.13. The minimum atomic E-state index is -0.512. The van der Waals surface area contributed by atoms with Crippen LogP contribution in [-0.2, 0) is 9.53 Å². The predicted octanol–water partition coefficient (Wildman–Crippen LogP) is 2.79. The number of anilines is 1. The van der Waals surface area contributed by atoms with E-state index in [1.807, 2.05) is 13.8 Å². The van der Waals surface area contributed by atoms with Gasteiger partial charge in [0.15, 0.2) is 0 Å². The van der Waals surface area contributed by atoms with Crippen molar-refractivity contribution in [1.29, 1.82) is 0 Å². The Bertz CT molecular complexity index is 429. The van der Waals surface area contributed by atoms with Crippen LogP contribution in [0.4, 0.5) is 5.69 Å². The summed E-state index contributed by atoms with van der Waals surface area (Å²) in [5.41, 5.74) is 0.616. The van der Waals surface area contributed by atoms with Crippen molar-refractivity contribution in [2.24, 2.45) is 0 Å². The molecule has 1 N–H and O–H groups in total. The predicted molar refractivity (Wildman–Crippen MR) is 78.9 cm³/mol. The van der Waals surface area contributed by atoms with Gasteiger partial charge in [0, 0.05) is 6.07 Å². The topological polar surface area (TPSA) is 60.5 Å². The molecule has 1 rings (SSSR count). The third kappa shape index (κ3) is 5.84. The first kappa shape index (κ1) is 16.2. The second kappa shape index (κ2) is 8.32. The zero-order chi connectivity index (χ0) is 15.0. The highest BCUT2D eigenvalue weighted by molar-refractivity contribution is 5.93. The molecular weight excluding hydrogens is 256 g/mol. The molecule has 0 radical (unpaired) electrons. The van der Waals surface area contributed by atoms with Crippen molar-refractivity contribution >= 4 is 11.6 Å². The molecule has 0 bridgehead atoms. The van der Waals surface area contributed by atoms with Gasteiger partial charge in [0.25, 0.3) is 5.91 Å². The molecule has 1 heterocycles. The number of nitrogens with one attached hydrogen (secondary N) is 1. The first-order chi connectivity index (χ1) is 9.52. The zero-order valence-electron chi connectivity index (χ0n) is 12.3. The summed E-state index contributed by atoms with van der Waals surface area (Å²) in [6.07, 6.45) is 3.59. The van der Waals surface area contributed by atoms with Gasteiger partial charge in [0.05, 0.1) is 24.6 Å². The molecule has 1 aromatic heterocycles. The molecule has 0 spiro atoms. The summed E-state index contributed by atoms with van der Waals surface area (Å²) in [7, 11) is 0. The maximum Gasteiger partial charge on any atom is 0.253 e. The van der Waals surface area contributed by atoms with E-state index in [1.165, 1.54) is 0 Å². The molecule has 0 aliphatic carbocycles. The van der Waals surface area contributed by atoms with Gasteiger partial charge in [-0.2, -0.15) is 0 Å². The Morgan fingerprint density at radius 2 is 2.20 bits per heavy atom.